The summed E-state index contributed by atoms with van der Waals surface area (Å²) in [4.78, 5) is 11.9. The van der Waals surface area contributed by atoms with E-state index in [4.69, 9.17) is 0 Å². The smallest absolute Gasteiger partial charge is 0.139 e. The average Bonchev–Trinajstić information content (AvgIpc) is 3.05. The minimum atomic E-state index is -0.612. The van der Waals surface area contributed by atoms with E-state index < -0.39 is 11.6 Å². The fourth-order valence-corrected chi connectivity index (χ4v) is 2.70. The van der Waals surface area contributed by atoms with E-state index in [2.05, 4.69) is 21.9 Å². The van der Waals surface area contributed by atoms with Gasteiger partial charge in [0.15, 0.2) is 0 Å². The van der Waals surface area contributed by atoms with Gasteiger partial charge in [0, 0.05) is 23.4 Å². The van der Waals surface area contributed by atoms with Gasteiger partial charge in [0.05, 0.1) is 17.6 Å². The van der Waals surface area contributed by atoms with Crippen LogP contribution in [-0.4, -0.2) is 15.0 Å². The molecule has 0 bridgehead atoms. The lowest BCUT2D eigenvalue weighted by Gasteiger charge is -2.06. The maximum atomic E-state index is 13.9. The van der Waals surface area contributed by atoms with Crippen molar-refractivity contribution in [1.29, 1.82) is 0 Å². The second-order valence-electron chi connectivity index (χ2n) is 5.72. The first-order valence-electron chi connectivity index (χ1n) is 8.13. The van der Waals surface area contributed by atoms with Gasteiger partial charge in [-0.1, -0.05) is 19.8 Å². The van der Waals surface area contributed by atoms with Crippen LogP contribution in [0.3, 0.4) is 0 Å². The van der Waals surface area contributed by atoms with Gasteiger partial charge in [0.1, 0.15) is 17.5 Å². The second kappa shape index (κ2) is 7.34. The normalized spacial score (nSPS) is 11.0. The number of aryl methyl sites for hydroxylation is 1. The number of unbranched alkanes of at least 4 members (excludes halogenated alkanes) is 2. The Kier molecular flexibility index (Phi) is 4.99. The van der Waals surface area contributed by atoms with E-state index in [1.807, 2.05) is 12.1 Å². The van der Waals surface area contributed by atoms with Crippen molar-refractivity contribution < 1.29 is 8.78 Å². The highest BCUT2D eigenvalue weighted by atomic mass is 19.1. The third kappa shape index (κ3) is 3.50. The van der Waals surface area contributed by atoms with Crippen molar-refractivity contribution in [3.63, 3.8) is 0 Å². The molecule has 0 unspecified atom stereocenters. The molecule has 0 saturated carbocycles. The summed E-state index contributed by atoms with van der Waals surface area (Å²) < 4.78 is 27.0. The highest BCUT2D eigenvalue weighted by Crippen LogP contribution is 2.26. The Morgan fingerprint density at radius 2 is 1.92 bits per heavy atom. The van der Waals surface area contributed by atoms with Crippen molar-refractivity contribution in [2.24, 2.45) is 0 Å². The molecule has 1 N–H and O–H groups in total. The zero-order valence-corrected chi connectivity index (χ0v) is 13.5. The zero-order chi connectivity index (χ0) is 16.9. The molecule has 2 aromatic heterocycles. The molecule has 124 valence electrons. The molecule has 0 fully saturated rings. The highest BCUT2D eigenvalue weighted by Gasteiger charge is 2.13. The molecule has 0 aliphatic carbocycles. The number of rotatable bonds is 6. The minimum absolute atomic E-state index is 0.298. The van der Waals surface area contributed by atoms with Crippen molar-refractivity contribution in [1.82, 2.24) is 15.0 Å². The van der Waals surface area contributed by atoms with Crippen molar-refractivity contribution in [2.75, 3.05) is 0 Å². The van der Waals surface area contributed by atoms with Crippen molar-refractivity contribution in [3.8, 4) is 22.6 Å². The lowest BCUT2D eigenvalue weighted by atomic mass is 10.1. The van der Waals surface area contributed by atoms with Gasteiger partial charge in [0.2, 0.25) is 0 Å². The predicted molar refractivity (Wildman–Crippen MR) is 90.4 cm³/mol. The van der Waals surface area contributed by atoms with Crippen molar-refractivity contribution in [2.45, 2.75) is 32.6 Å². The quantitative estimate of drug-likeness (QED) is 0.636. The van der Waals surface area contributed by atoms with Crippen molar-refractivity contribution >= 4 is 0 Å². The lowest BCUT2D eigenvalue weighted by Crippen LogP contribution is -1.95. The fraction of sp³-hybridized carbons (Fsp3) is 0.263. The topological polar surface area (TPSA) is 41.6 Å². The first-order chi connectivity index (χ1) is 11.7. The van der Waals surface area contributed by atoms with E-state index in [0.29, 0.717) is 17.1 Å². The molecule has 0 spiro atoms. The number of pyridine rings is 1. The molecule has 0 saturated heterocycles. The maximum absolute atomic E-state index is 13.9. The molecular weight excluding hydrogens is 308 g/mol. The number of benzene rings is 1. The predicted octanol–water partition coefficient (Wildman–Crippen LogP) is 5.15. The van der Waals surface area contributed by atoms with Crippen LogP contribution in [0.4, 0.5) is 8.78 Å². The van der Waals surface area contributed by atoms with E-state index >= 15 is 0 Å². The van der Waals surface area contributed by atoms with Crippen LogP contribution in [0.5, 0.6) is 0 Å². The highest BCUT2D eigenvalue weighted by molar-refractivity contribution is 5.66. The summed E-state index contributed by atoms with van der Waals surface area (Å²) >= 11 is 0. The molecule has 0 radical (unpaired) electrons. The summed E-state index contributed by atoms with van der Waals surface area (Å²) in [6.07, 6.45) is 7.59. The van der Waals surface area contributed by atoms with E-state index in [-0.39, 0.29) is 0 Å². The van der Waals surface area contributed by atoms with Crippen LogP contribution in [-0.2, 0) is 6.42 Å². The summed E-state index contributed by atoms with van der Waals surface area (Å²) in [7, 11) is 0. The summed E-state index contributed by atoms with van der Waals surface area (Å²) in [6.45, 7) is 2.16. The van der Waals surface area contributed by atoms with Gasteiger partial charge in [-0.25, -0.2) is 13.8 Å². The Balaban J connectivity index is 1.91. The lowest BCUT2D eigenvalue weighted by molar-refractivity contribution is 0.585. The number of hydrogen-bond acceptors (Lipinski definition) is 2. The van der Waals surface area contributed by atoms with Crippen LogP contribution in [0, 0.1) is 11.6 Å². The van der Waals surface area contributed by atoms with E-state index in [1.54, 1.807) is 12.4 Å². The monoisotopic (exact) mass is 327 g/mol. The summed E-state index contributed by atoms with van der Waals surface area (Å²) in [5.74, 6) is -0.561. The van der Waals surface area contributed by atoms with Crippen LogP contribution in [0.2, 0.25) is 0 Å². The summed E-state index contributed by atoms with van der Waals surface area (Å²) in [5.41, 5.74) is 2.71. The summed E-state index contributed by atoms with van der Waals surface area (Å²) in [6, 6.07) is 7.33. The molecule has 3 rings (SSSR count). The van der Waals surface area contributed by atoms with Crippen LogP contribution < -0.4 is 0 Å². The number of halogens is 2. The number of hydrogen-bond donors (Lipinski definition) is 1. The molecule has 24 heavy (non-hydrogen) atoms. The first-order valence-corrected chi connectivity index (χ1v) is 8.13. The Morgan fingerprint density at radius 1 is 1.04 bits per heavy atom. The second-order valence-corrected chi connectivity index (χ2v) is 5.72. The SMILES string of the molecule is CCCCCc1ncccc1-c1ncc(-c2ccc(F)cc2F)[nH]1. The fourth-order valence-electron chi connectivity index (χ4n) is 2.70. The molecule has 0 atom stereocenters. The van der Waals surface area contributed by atoms with E-state index in [9.17, 15) is 8.78 Å². The van der Waals surface area contributed by atoms with Gasteiger partial charge in [-0.3, -0.25) is 4.98 Å². The number of nitrogens with zero attached hydrogens (tertiary/aromatic N) is 2. The van der Waals surface area contributed by atoms with Gasteiger partial charge in [-0.2, -0.15) is 0 Å². The molecule has 0 amide bonds. The minimum Gasteiger partial charge on any atom is -0.338 e. The number of nitrogens with one attached hydrogen (secondary N) is 1. The van der Waals surface area contributed by atoms with Gasteiger partial charge in [-0.05, 0) is 37.1 Å². The van der Waals surface area contributed by atoms with Gasteiger partial charge in [-0.15, -0.1) is 0 Å². The Bertz CT molecular complexity index is 827. The van der Waals surface area contributed by atoms with Crippen LogP contribution in [0.15, 0.2) is 42.7 Å². The molecule has 0 aliphatic heterocycles. The van der Waals surface area contributed by atoms with Crippen LogP contribution >= 0.6 is 0 Å². The third-order valence-corrected chi connectivity index (χ3v) is 3.96. The number of aromatic amines is 1. The maximum Gasteiger partial charge on any atom is 0.139 e. The number of imidazole rings is 1. The molecular formula is C19H19F2N3. The van der Waals surface area contributed by atoms with Crippen molar-refractivity contribution in [3.05, 3.63) is 60.1 Å². The van der Waals surface area contributed by atoms with Gasteiger partial charge >= 0.3 is 0 Å². The van der Waals surface area contributed by atoms with Crippen LogP contribution in [0.1, 0.15) is 31.9 Å². The number of aromatic nitrogens is 3. The van der Waals surface area contributed by atoms with Crippen LogP contribution in [0.25, 0.3) is 22.6 Å². The van der Waals surface area contributed by atoms with E-state index in [1.165, 1.54) is 12.1 Å². The first kappa shape index (κ1) is 16.3. The molecule has 3 nitrogen and oxygen atoms in total. The number of H-pyrrole nitrogens is 1. The third-order valence-electron chi connectivity index (χ3n) is 3.96. The molecule has 5 heteroatoms. The molecule has 2 heterocycles. The average molecular weight is 327 g/mol. The molecule has 1 aromatic carbocycles. The van der Waals surface area contributed by atoms with Gasteiger partial charge < -0.3 is 4.98 Å². The Morgan fingerprint density at radius 3 is 2.71 bits per heavy atom. The molecule has 0 aliphatic rings. The van der Waals surface area contributed by atoms with Gasteiger partial charge in [0.25, 0.3) is 0 Å². The Labute approximate surface area is 139 Å². The summed E-state index contributed by atoms with van der Waals surface area (Å²) in [5, 5.41) is 0. The Hall–Kier alpha value is -2.56. The standard InChI is InChI=1S/C19H19F2N3/c1-2-3-4-7-17-15(6-5-10-22-17)19-23-12-18(24-19)14-9-8-13(20)11-16(14)21/h5-6,8-12H,2-4,7H2,1H3,(H,23,24). The molecule has 3 aromatic rings. The largest absolute Gasteiger partial charge is 0.338 e. The zero-order valence-electron chi connectivity index (χ0n) is 13.5. The van der Waals surface area contributed by atoms with E-state index in [0.717, 1.165) is 43.0 Å².